The minimum absolute atomic E-state index is 0.240. The fourth-order valence-corrected chi connectivity index (χ4v) is 1.50. The molecule has 4 nitrogen and oxygen atoms in total. The number of methoxy groups -OCH3 is 1. The molecular formula is C10H19NO3. The summed E-state index contributed by atoms with van der Waals surface area (Å²) in [5.41, 5.74) is -0.624. The molecule has 82 valence electrons. The number of rotatable bonds is 4. The van der Waals surface area contributed by atoms with Gasteiger partial charge >= 0.3 is 5.97 Å². The standard InChI is InChI=1S/C10H19NO3/c1-10(2,9(12)13-3)11-7-8-5-4-6-14-8/h8,11H,4-7H2,1-3H3. The van der Waals surface area contributed by atoms with Crippen molar-refractivity contribution in [3.8, 4) is 0 Å². The van der Waals surface area contributed by atoms with Gasteiger partial charge in [-0.25, -0.2) is 0 Å². The summed E-state index contributed by atoms with van der Waals surface area (Å²) in [5.74, 6) is -0.240. The van der Waals surface area contributed by atoms with E-state index in [9.17, 15) is 4.79 Å². The van der Waals surface area contributed by atoms with Crippen molar-refractivity contribution in [1.29, 1.82) is 0 Å². The lowest BCUT2D eigenvalue weighted by atomic mass is 10.1. The van der Waals surface area contributed by atoms with E-state index in [-0.39, 0.29) is 12.1 Å². The maximum atomic E-state index is 11.3. The minimum atomic E-state index is -0.624. The van der Waals surface area contributed by atoms with Gasteiger partial charge in [0.1, 0.15) is 5.54 Å². The Morgan fingerprint density at radius 1 is 1.64 bits per heavy atom. The second kappa shape index (κ2) is 4.75. The van der Waals surface area contributed by atoms with E-state index in [1.54, 1.807) is 0 Å². The fraction of sp³-hybridized carbons (Fsp3) is 0.900. The third-order valence-corrected chi connectivity index (χ3v) is 2.49. The van der Waals surface area contributed by atoms with Gasteiger partial charge in [-0.05, 0) is 26.7 Å². The van der Waals surface area contributed by atoms with E-state index in [0.717, 1.165) is 19.4 Å². The molecule has 0 radical (unpaired) electrons. The average Bonchev–Trinajstić information content (AvgIpc) is 2.66. The molecule has 0 saturated carbocycles. The van der Waals surface area contributed by atoms with Crippen molar-refractivity contribution in [3.05, 3.63) is 0 Å². The second-order valence-corrected chi connectivity index (χ2v) is 4.13. The van der Waals surface area contributed by atoms with Crippen LogP contribution >= 0.6 is 0 Å². The van der Waals surface area contributed by atoms with E-state index in [4.69, 9.17) is 4.74 Å². The van der Waals surface area contributed by atoms with Crippen LogP contribution < -0.4 is 5.32 Å². The zero-order valence-corrected chi connectivity index (χ0v) is 9.13. The highest BCUT2D eigenvalue weighted by Crippen LogP contribution is 2.12. The van der Waals surface area contributed by atoms with Crippen LogP contribution in [0.5, 0.6) is 0 Å². The number of esters is 1. The minimum Gasteiger partial charge on any atom is -0.468 e. The van der Waals surface area contributed by atoms with Gasteiger partial charge in [0, 0.05) is 13.2 Å². The molecule has 1 heterocycles. The Labute approximate surface area is 85.0 Å². The van der Waals surface area contributed by atoms with E-state index in [1.807, 2.05) is 13.8 Å². The molecule has 1 atom stereocenters. The van der Waals surface area contributed by atoms with Crippen LogP contribution in [0.25, 0.3) is 0 Å². The number of hydrogen-bond donors (Lipinski definition) is 1. The second-order valence-electron chi connectivity index (χ2n) is 4.13. The number of ether oxygens (including phenoxy) is 2. The van der Waals surface area contributed by atoms with Gasteiger partial charge in [-0.2, -0.15) is 0 Å². The molecule has 1 aliphatic rings. The number of carbonyl (C=O) groups is 1. The SMILES string of the molecule is COC(=O)C(C)(C)NCC1CCCO1. The highest BCUT2D eigenvalue weighted by molar-refractivity contribution is 5.79. The largest absolute Gasteiger partial charge is 0.468 e. The Bertz CT molecular complexity index is 198. The van der Waals surface area contributed by atoms with Gasteiger partial charge < -0.3 is 9.47 Å². The van der Waals surface area contributed by atoms with Crippen LogP contribution in [0.15, 0.2) is 0 Å². The van der Waals surface area contributed by atoms with Gasteiger partial charge in [0.05, 0.1) is 13.2 Å². The van der Waals surface area contributed by atoms with Crippen molar-refractivity contribution in [2.75, 3.05) is 20.3 Å². The Kier molecular flexibility index (Phi) is 3.89. The van der Waals surface area contributed by atoms with Gasteiger partial charge in [0.15, 0.2) is 0 Å². The third-order valence-electron chi connectivity index (χ3n) is 2.49. The first kappa shape index (κ1) is 11.5. The molecule has 1 unspecified atom stereocenters. The summed E-state index contributed by atoms with van der Waals surface area (Å²) < 4.78 is 10.1. The molecule has 14 heavy (non-hydrogen) atoms. The predicted molar refractivity (Wildman–Crippen MR) is 53.1 cm³/mol. The van der Waals surface area contributed by atoms with Crippen molar-refractivity contribution in [2.24, 2.45) is 0 Å². The van der Waals surface area contributed by atoms with Crippen molar-refractivity contribution in [2.45, 2.75) is 38.3 Å². The molecule has 1 N–H and O–H groups in total. The molecule has 0 bridgehead atoms. The van der Waals surface area contributed by atoms with Crippen LogP contribution in [0, 0.1) is 0 Å². The third kappa shape index (κ3) is 2.96. The smallest absolute Gasteiger partial charge is 0.325 e. The van der Waals surface area contributed by atoms with E-state index in [1.165, 1.54) is 7.11 Å². The maximum Gasteiger partial charge on any atom is 0.325 e. The van der Waals surface area contributed by atoms with Crippen molar-refractivity contribution >= 4 is 5.97 Å². The molecule has 0 aromatic heterocycles. The van der Waals surface area contributed by atoms with Crippen LogP contribution in [-0.2, 0) is 14.3 Å². The molecule has 0 aliphatic carbocycles. The van der Waals surface area contributed by atoms with Gasteiger partial charge in [-0.3, -0.25) is 10.1 Å². The summed E-state index contributed by atoms with van der Waals surface area (Å²) in [5, 5.41) is 3.15. The first-order chi connectivity index (χ1) is 6.56. The molecule has 1 saturated heterocycles. The number of nitrogens with one attached hydrogen (secondary N) is 1. The first-order valence-electron chi connectivity index (χ1n) is 5.01. The Hall–Kier alpha value is -0.610. The summed E-state index contributed by atoms with van der Waals surface area (Å²) in [6, 6.07) is 0. The topological polar surface area (TPSA) is 47.6 Å². The summed E-state index contributed by atoms with van der Waals surface area (Å²) in [7, 11) is 1.40. The summed E-state index contributed by atoms with van der Waals surface area (Å²) >= 11 is 0. The zero-order chi connectivity index (χ0) is 10.6. The average molecular weight is 201 g/mol. The lowest BCUT2D eigenvalue weighted by molar-refractivity contribution is -0.147. The van der Waals surface area contributed by atoms with Gasteiger partial charge in [-0.15, -0.1) is 0 Å². The van der Waals surface area contributed by atoms with Crippen LogP contribution in [0.2, 0.25) is 0 Å². The highest BCUT2D eigenvalue weighted by Gasteiger charge is 2.29. The summed E-state index contributed by atoms with van der Waals surface area (Å²) in [6.45, 7) is 5.18. The molecule has 0 amide bonds. The zero-order valence-electron chi connectivity index (χ0n) is 9.13. The monoisotopic (exact) mass is 201 g/mol. The van der Waals surface area contributed by atoms with Crippen LogP contribution in [0.4, 0.5) is 0 Å². The molecular weight excluding hydrogens is 182 g/mol. The maximum absolute atomic E-state index is 11.3. The van der Waals surface area contributed by atoms with Crippen LogP contribution in [0.3, 0.4) is 0 Å². The Morgan fingerprint density at radius 2 is 2.36 bits per heavy atom. The summed E-state index contributed by atoms with van der Waals surface area (Å²) in [6.07, 6.45) is 2.44. The van der Waals surface area contributed by atoms with Crippen LogP contribution in [0.1, 0.15) is 26.7 Å². The Morgan fingerprint density at radius 3 is 2.86 bits per heavy atom. The number of carbonyl (C=O) groups excluding carboxylic acids is 1. The molecule has 1 fully saturated rings. The fourth-order valence-electron chi connectivity index (χ4n) is 1.50. The molecule has 1 aliphatic heterocycles. The quantitative estimate of drug-likeness (QED) is 0.680. The molecule has 0 spiro atoms. The Balaban J connectivity index is 2.31. The normalized spacial score (nSPS) is 22.4. The first-order valence-corrected chi connectivity index (χ1v) is 5.01. The van der Waals surface area contributed by atoms with E-state index in [0.29, 0.717) is 6.54 Å². The predicted octanol–water partition coefficient (Wildman–Crippen LogP) is 0.707. The number of hydrogen-bond acceptors (Lipinski definition) is 4. The molecule has 0 aromatic rings. The van der Waals surface area contributed by atoms with E-state index in [2.05, 4.69) is 10.1 Å². The van der Waals surface area contributed by atoms with E-state index < -0.39 is 5.54 Å². The molecule has 4 heteroatoms. The van der Waals surface area contributed by atoms with Crippen molar-refractivity contribution in [3.63, 3.8) is 0 Å². The molecule has 1 rings (SSSR count). The van der Waals surface area contributed by atoms with Crippen molar-refractivity contribution < 1.29 is 14.3 Å². The van der Waals surface area contributed by atoms with Gasteiger partial charge in [-0.1, -0.05) is 0 Å². The lowest BCUT2D eigenvalue weighted by Crippen LogP contribution is -2.49. The highest BCUT2D eigenvalue weighted by atomic mass is 16.5. The van der Waals surface area contributed by atoms with E-state index >= 15 is 0 Å². The van der Waals surface area contributed by atoms with Crippen molar-refractivity contribution in [1.82, 2.24) is 5.32 Å². The van der Waals surface area contributed by atoms with Gasteiger partial charge in [0.25, 0.3) is 0 Å². The lowest BCUT2D eigenvalue weighted by Gasteiger charge is -2.24. The molecule has 0 aromatic carbocycles. The van der Waals surface area contributed by atoms with Crippen LogP contribution in [-0.4, -0.2) is 37.9 Å². The summed E-state index contributed by atoms with van der Waals surface area (Å²) in [4.78, 5) is 11.3. The van der Waals surface area contributed by atoms with Gasteiger partial charge in [0.2, 0.25) is 0 Å².